The molecule has 2 heterocycles. The molecule has 0 aliphatic heterocycles. The highest BCUT2D eigenvalue weighted by Crippen LogP contribution is 2.21. The fraction of sp³-hybridized carbons (Fsp3) is 0.158. The van der Waals surface area contributed by atoms with Crippen molar-refractivity contribution in [3.8, 4) is 6.07 Å². The topological polar surface area (TPSA) is 108 Å². The van der Waals surface area contributed by atoms with Crippen LogP contribution in [0, 0.1) is 11.3 Å². The molecule has 7 nitrogen and oxygen atoms in total. The number of anilines is 1. The summed E-state index contributed by atoms with van der Waals surface area (Å²) in [6.07, 6.45) is 5.07. The fourth-order valence-electron chi connectivity index (χ4n) is 2.30. The highest BCUT2D eigenvalue weighted by molar-refractivity contribution is 7.15. The molecule has 0 radical (unpaired) electrons. The molecule has 8 heteroatoms. The number of carbonyl (C=O) groups is 2. The van der Waals surface area contributed by atoms with Crippen LogP contribution in [0.25, 0.3) is 0 Å². The predicted molar refractivity (Wildman–Crippen MR) is 100 cm³/mol. The summed E-state index contributed by atoms with van der Waals surface area (Å²) in [5, 5.41) is 14.6. The molecule has 2 aromatic heterocycles. The number of hydrogen-bond donors (Lipinski definition) is 2. The van der Waals surface area contributed by atoms with Crippen molar-refractivity contribution in [3.05, 3.63) is 70.6 Å². The second kappa shape index (κ2) is 8.29. The van der Waals surface area contributed by atoms with Crippen molar-refractivity contribution < 1.29 is 14.0 Å². The minimum atomic E-state index is -0.724. The van der Waals surface area contributed by atoms with Gasteiger partial charge in [-0.1, -0.05) is 12.1 Å². The average molecular weight is 380 g/mol. The Labute approximate surface area is 159 Å². The first kappa shape index (κ1) is 18.4. The summed E-state index contributed by atoms with van der Waals surface area (Å²) in [5.41, 5.74) is 2.02. The zero-order valence-electron chi connectivity index (χ0n) is 14.4. The Balaban J connectivity index is 1.55. The van der Waals surface area contributed by atoms with Gasteiger partial charge in [-0.25, -0.2) is 4.98 Å². The molecule has 0 fully saturated rings. The van der Waals surface area contributed by atoms with Gasteiger partial charge in [-0.15, -0.1) is 11.3 Å². The van der Waals surface area contributed by atoms with Crippen molar-refractivity contribution in [2.24, 2.45) is 0 Å². The fourth-order valence-corrected chi connectivity index (χ4v) is 3.15. The summed E-state index contributed by atoms with van der Waals surface area (Å²) < 4.78 is 4.85. The van der Waals surface area contributed by atoms with Gasteiger partial charge in [0.2, 0.25) is 5.91 Å². The van der Waals surface area contributed by atoms with Crippen LogP contribution in [0.1, 0.15) is 33.3 Å². The lowest BCUT2D eigenvalue weighted by Gasteiger charge is -2.12. The van der Waals surface area contributed by atoms with Gasteiger partial charge in [-0.3, -0.25) is 9.59 Å². The molecule has 2 N–H and O–H groups in total. The van der Waals surface area contributed by atoms with E-state index < -0.39 is 6.04 Å². The van der Waals surface area contributed by atoms with Crippen LogP contribution in [0.3, 0.4) is 0 Å². The molecule has 0 spiro atoms. The van der Waals surface area contributed by atoms with Gasteiger partial charge in [-0.05, 0) is 30.7 Å². The molecular formula is C19H16N4O3S. The van der Waals surface area contributed by atoms with Crippen molar-refractivity contribution in [3.63, 3.8) is 0 Å². The molecule has 2 amide bonds. The summed E-state index contributed by atoms with van der Waals surface area (Å²) in [5.74, 6) is -0.738. The zero-order valence-corrected chi connectivity index (χ0v) is 15.2. The van der Waals surface area contributed by atoms with Gasteiger partial charge >= 0.3 is 0 Å². The number of nitrogens with one attached hydrogen (secondary N) is 2. The maximum Gasteiger partial charge on any atom is 0.255 e. The number of hydrogen-bond acceptors (Lipinski definition) is 6. The van der Waals surface area contributed by atoms with Gasteiger partial charge in [-0.2, -0.15) is 5.26 Å². The summed E-state index contributed by atoms with van der Waals surface area (Å²) in [6.45, 7) is 1.60. The highest BCUT2D eigenvalue weighted by Gasteiger charge is 2.18. The smallest absolute Gasteiger partial charge is 0.255 e. The van der Waals surface area contributed by atoms with Crippen molar-refractivity contribution in [2.75, 3.05) is 5.32 Å². The van der Waals surface area contributed by atoms with Crippen LogP contribution in [-0.4, -0.2) is 22.8 Å². The Morgan fingerprint density at radius 1 is 1.30 bits per heavy atom. The first-order chi connectivity index (χ1) is 13.0. The maximum absolute atomic E-state index is 12.2. The molecule has 1 aromatic carbocycles. The number of rotatable bonds is 6. The highest BCUT2D eigenvalue weighted by atomic mass is 32.1. The molecule has 1 atom stereocenters. The number of carbonyl (C=O) groups excluding carboxylic acids is 2. The summed E-state index contributed by atoms with van der Waals surface area (Å²) in [4.78, 5) is 29.4. The quantitative estimate of drug-likeness (QED) is 0.683. The third kappa shape index (κ3) is 4.80. The van der Waals surface area contributed by atoms with Crippen LogP contribution in [-0.2, 0) is 11.2 Å². The van der Waals surface area contributed by atoms with Crippen molar-refractivity contribution in [2.45, 2.75) is 19.4 Å². The van der Waals surface area contributed by atoms with E-state index >= 15 is 0 Å². The molecule has 3 rings (SSSR count). The summed E-state index contributed by atoms with van der Waals surface area (Å²) in [6, 6.07) is 10.2. The van der Waals surface area contributed by atoms with E-state index in [4.69, 9.17) is 9.68 Å². The first-order valence-electron chi connectivity index (χ1n) is 8.13. The van der Waals surface area contributed by atoms with Crippen LogP contribution in [0.15, 0.2) is 53.5 Å². The number of thiazole rings is 1. The van der Waals surface area contributed by atoms with E-state index in [9.17, 15) is 9.59 Å². The van der Waals surface area contributed by atoms with E-state index in [0.717, 1.165) is 10.4 Å². The molecule has 0 saturated heterocycles. The van der Waals surface area contributed by atoms with E-state index in [2.05, 4.69) is 21.7 Å². The third-order valence-electron chi connectivity index (χ3n) is 3.77. The van der Waals surface area contributed by atoms with Crippen molar-refractivity contribution >= 4 is 28.3 Å². The SMILES string of the molecule is CC(NC(=O)c1ccoc1)C(=O)Nc1ncc(Cc2ccc(C#N)cc2)s1. The number of furan rings is 1. The summed E-state index contributed by atoms with van der Waals surface area (Å²) in [7, 11) is 0. The van der Waals surface area contributed by atoms with Gasteiger partial charge in [0.25, 0.3) is 5.91 Å². The van der Waals surface area contributed by atoms with Crippen LogP contribution < -0.4 is 10.6 Å². The number of nitriles is 1. The zero-order chi connectivity index (χ0) is 19.2. The van der Waals surface area contributed by atoms with Gasteiger partial charge in [0, 0.05) is 17.5 Å². The normalized spacial score (nSPS) is 11.4. The van der Waals surface area contributed by atoms with Crippen molar-refractivity contribution in [1.82, 2.24) is 10.3 Å². The van der Waals surface area contributed by atoms with Gasteiger partial charge < -0.3 is 15.1 Å². The van der Waals surface area contributed by atoms with E-state index in [1.54, 1.807) is 25.3 Å². The van der Waals surface area contributed by atoms with Crippen LogP contribution in [0.4, 0.5) is 5.13 Å². The van der Waals surface area contributed by atoms with E-state index in [1.807, 2.05) is 12.1 Å². The monoisotopic (exact) mass is 380 g/mol. The Morgan fingerprint density at radius 3 is 2.74 bits per heavy atom. The molecule has 1 unspecified atom stereocenters. The third-order valence-corrected chi connectivity index (χ3v) is 4.68. The van der Waals surface area contributed by atoms with Crippen LogP contribution in [0.2, 0.25) is 0 Å². The minimum Gasteiger partial charge on any atom is -0.472 e. The molecule has 27 heavy (non-hydrogen) atoms. The van der Waals surface area contributed by atoms with Gasteiger partial charge in [0.05, 0.1) is 23.5 Å². The van der Waals surface area contributed by atoms with Crippen molar-refractivity contribution in [1.29, 1.82) is 5.26 Å². The second-order valence-corrected chi connectivity index (χ2v) is 6.93. The molecule has 0 aliphatic carbocycles. The Bertz CT molecular complexity index is 971. The number of aromatic nitrogens is 1. The number of benzene rings is 1. The molecule has 0 saturated carbocycles. The minimum absolute atomic E-state index is 0.355. The molecular weight excluding hydrogens is 364 g/mol. The van der Waals surface area contributed by atoms with Crippen LogP contribution >= 0.6 is 11.3 Å². The largest absolute Gasteiger partial charge is 0.472 e. The lowest BCUT2D eigenvalue weighted by atomic mass is 10.1. The Kier molecular flexibility index (Phi) is 5.64. The second-order valence-electron chi connectivity index (χ2n) is 5.81. The lowest BCUT2D eigenvalue weighted by molar-refractivity contribution is -0.117. The Hall–Kier alpha value is -3.44. The summed E-state index contributed by atoms with van der Waals surface area (Å²) >= 11 is 1.36. The predicted octanol–water partition coefficient (Wildman–Crippen LogP) is 2.96. The lowest BCUT2D eigenvalue weighted by Crippen LogP contribution is -2.41. The van der Waals surface area contributed by atoms with Gasteiger partial charge in [0.15, 0.2) is 5.13 Å². The standard InChI is InChI=1S/C19H16N4O3S/c1-12(22-18(25)15-6-7-26-11-15)17(24)23-19-21-10-16(27-19)8-13-2-4-14(9-20)5-3-13/h2-7,10-12H,8H2,1H3,(H,22,25)(H,21,23,24). The van der Waals surface area contributed by atoms with E-state index in [1.165, 1.54) is 29.9 Å². The van der Waals surface area contributed by atoms with E-state index in [-0.39, 0.29) is 11.8 Å². The maximum atomic E-state index is 12.2. The Morgan fingerprint density at radius 2 is 2.07 bits per heavy atom. The molecule has 136 valence electrons. The molecule has 3 aromatic rings. The molecule has 0 aliphatic rings. The molecule has 0 bridgehead atoms. The van der Waals surface area contributed by atoms with E-state index in [0.29, 0.717) is 22.7 Å². The van der Waals surface area contributed by atoms with Crippen LogP contribution in [0.5, 0.6) is 0 Å². The average Bonchev–Trinajstić information content (AvgIpc) is 3.34. The van der Waals surface area contributed by atoms with Gasteiger partial charge in [0.1, 0.15) is 12.3 Å². The number of amides is 2. The number of nitrogens with zero attached hydrogens (tertiary/aromatic N) is 2. The first-order valence-corrected chi connectivity index (χ1v) is 8.94.